The van der Waals surface area contributed by atoms with Gasteiger partial charge in [0.1, 0.15) is 0 Å². The molecule has 0 radical (unpaired) electrons. The van der Waals surface area contributed by atoms with Crippen molar-refractivity contribution in [2.45, 2.75) is 18.9 Å². The molecule has 6 heteroatoms. The minimum absolute atomic E-state index is 0.465. The zero-order valence-corrected chi connectivity index (χ0v) is 13.4. The molecule has 0 saturated carbocycles. The molecule has 0 aliphatic heterocycles. The number of aliphatic hydroxyl groups is 1. The molecule has 2 rings (SSSR count). The molecule has 114 valence electrons. The highest BCUT2D eigenvalue weighted by atomic mass is 35.5. The average molecular weight is 328 g/mol. The molecule has 2 N–H and O–H groups in total. The Kier molecular flexibility index (Phi) is 6.06. The number of rotatable bonds is 7. The second-order valence-electron chi connectivity index (χ2n) is 4.94. The second-order valence-corrected chi connectivity index (χ2v) is 5.78. The van der Waals surface area contributed by atoms with Crippen molar-refractivity contribution in [3.8, 4) is 0 Å². The normalized spacial score (nSPS) is 12.6. The highest BCUT2D eigenvalue weighted by molar-refractivity contribution is 6.35. The van der Waals surface area contributed by atoms with E-state index in [4.69, 9.17) is 23.2 Å². The van der Waals surface area contributed by atoms with Crippen LogP contribution in [-0.4, -0.2) is 28.0 Å². The van der Waals surface area contributed by atoms with E-state index < -0.39 is 6.10 Å². The van der Waals surface area contributed by atoms with Crippen molar-refractivity contribution in [1.29, 1.82) is 0 Å². The van der Waals surface area contributed by atoms with Gasteiger partial charge in [-0.15, -0.1) is 0 Å². The molecule has 4 nitrogen and oxygen atoms in total. The minimum Gasteiger partial charge on any atom is -0.387 e. The van der Waals surface area contributed by atoms with Crippen LogP contribution >= 0.6 is 23.2 Å². The molecule has 1 atom stereocenters. The van der Waals surface area contributed by atoms with Crippen molar-refractivity contribution >= 4 is 23.2 Å². The minimum atomic E-state index is -0.633. The Labute approximate surface area is 134 Å². The van der Waals surface area contributed by atoms with Crippen molar-refractivity contribution in [3.63, 3.8) is 0 Å². The van der Waals surface area contributed by atoms with Crippen LogP contribution in [0.25, 0.3) is 0 Å². The number of hydrogen-bond acceptors (Lipinski definition) is 3. The van der Waals surface area contributed by atoms with Gasteiger partial charge in [-0.2, -0.15) is 5.10 Å². The third-order valence-corrected chi connectivity index (χ3v) is 3.93. The van der Waals surface area contributed by atoms with Crippen molar-refractivity contribution in [3.05, 3.63) is 51.8 Å². The largest absolute Gasteiger partial charge is 0.387 e. The summed E-state index contributed by atoms with van der Waals surface area (Å²) >= 11 is 11.9. The standard InChI is InChI=1S/C15H19Cl2N3O/c1-20-12(6-8-19-20)3-2-7-18-10-15(21)13-5-4-11(16)9-14(13)17/h4-6,8-9,15,18,21H,2-3,7,10H2,1H3. The number of aliphatic hydroxyl groups excluding tert-OH is 1. The molecule has 0 saturated heterocycles. The summed E-state index contributed by atoms with van der Waals surface area (Å²) in [6.45, 7) is 1.29. The van der Waals surface area contributed by atoms with Crippen molar-refractivity contribution in [2.24, 2.45) is 7.05 Å². The quantitative estimate of drug-likeness (QED) is 0.768. The predicted molar refractivity (Wildman–Crippen MR) is 85.8 cm³/mol. The Bertz CT molecular complexity index is 586. The zero-order valence-electron chi connectivity index (χ0n) is 11.9. The van der Waals surface area contributed by atoms with Crippen molar-refractivity contribution in [1.82, 2.24) is 15.1 Å². The number of hydrogen-bond donors (Lipinski definition) is 2. The zero-order chi connectivity index (χ0) is 15.2. The van der Waals surface area contributed by atoms with Gasteiger partial charge in [0, 0.05) is 41.1 Å². The fourth-order valence-corrected chi connectivity index (χ4v) is 2.70. The molecule has 1 aromatic heterocycles. The number of nitrogens with zero attached hydrogens (tertiary/aromatic N) is 2. The summed E-state index contributed by atoms with van der Waals surface area (Å²) in [7, 11) is 1.94. The van der Waals surface area contributed by atoms with E-state index in [0.29, 0.717) is 22.2 Å². The Balaban J connectivity index is 1.72. The van der Waals surface area contributed by atoms with Crippen LogP contribution in [0.2, 0.25) is 10.0 Å². The maximum atomic E-state index is 10.1. The first-order chi connectivity index (χ1) is 10.1. The predicted octanol–water partition coefficient (Wildman–Crippen LogP) is 2.98. The molecule has 1 heterocycles. The summed E-state index contributed by atoms with van der Waals surface area (Å²) in [5.74, 6) is 0. The first-order valence-corrected chi connectivity index (χ1v) is 7.64. The van der Waals surface area contributed by atoms with Crippen LogP contribution in [0.5, 0.6) is 0 Å². The first-order valence-electron chi connectivity index (χ1n) is 6.88. The molecule has 0 bridgehead atoms. The summed E-state index contributed by atoms with van der Waals surface area (Å²) in [4.78, 5) is 0. The van der Waals surface area contributed by atoms with Gasteiger partial charge in [-0.3, -0.25) is 4.68 Å². The van der Waals surface area contributed by atoms with E-state index in [1.54, 1.807) is 24.4 Å². The van der Waals surface area contributed by atoms with Gasteiger partial charge in [0.2, 0.25) is 0 Å². The van der Waals surface area contributed by atoms with E-state index in [2.05, 4.69) is 10.4 Å². The highest BCUT2D eigenvalue weighted by Gasteiger charge is 2.11. The number of nitrogens with one attached hydrogen (secondary N) is 1. The molecule has 21 heavy (non-hydrogen) atoms. The van der Waals surface area contributed by atoms with E-state index in [1.807, 2.05) is 17.8 Å². The van der Waals surface area contributed by atoms with Gasteiger partial charge in [0.15, 0.2) is 0 Å². The first kappa shape index (κ1) is 16.3. The summed E-state index contributed by atoms with van der Waals surface area (Å²) < 4.78 is 1.88. The van der Waals surface area contributed by atoms with Crippen LogP contribution < -0.4 is 5.32 Å². The van der Waals surface area contributed by atoms with Crippen LogP contribution in [0, 0.1) is 0 Å². The monoisotopic (exact) mass is 327 g/mol. The van der Waals surface area contributed by atoms with Gasteiger partial charge < -0.3 is 10.4 Å². The molecule has 2 aromatic rings. The fourth-order valence-electron chi connectivity index (χ4n) is 2.16. The lowest BCUT2D eigenvalue weighted by Gasteiger charge is -2.14. The van der Waals surface area contributed by atoms with Gasteiger partial charge in [-0.1, -0.05) is 29.3 Å². The SMILES string of the molecule is Cn1nccc1CCCNCC(O)c1ccc(Cl)cc1Cl. The summed E-state index contributed by atoms with van der Waals surface area (Å²) in [6, 6.07) is 7.15. The Morgan fingerprint density at radius 3 is 2.81 bits per heavy atom. The van der Waals surface area contributed by atoms with Crippen LogP contribution in [0.15, 0.2) is 30.5 Å². The summed E-state index contributed by atoms with van der Waals surface area (Å²) in [5.41, 5.74) is 1.90. The van der Waals surface area contributed by atoms with E-state index >= 15 is 0 Å². The van der Waals surface area contributed by atoms with Gasteiger partial charge in [-0.05, 0) is 37.6 Å². The van der Waals surface area contributed by atoms with Crippen molar-refractivity contribution < 1.29 is 5.11 Å². The smallest absolute Gasteiger partial charge is 0.0928 e. The lowest BCUT2D eigenvalue weighted by molar-refractivity contribution is 0.175. The van der Waals surface area contributed by atoms with Gasteiger partial charge in [0.25, 0.3) is 0 Å². The highest BCUT2D eigenvalue weighted by Crippen LogP contribution is 2.25. The second kappa shape index (κ2) is 7.80. The lowest BCUT2D eigenvalue weighted by atomic mass is 10.1. The van der Waals surface area contributed by atoms with Crippen LogP contribution in [0.1, 0.15) is 23.8 Å². The Morgan fingerprint density at radius 2 is 2.14 bits per heavy atom. The molecule has 0 spiro atoms. The van der Waals surface area contributed by atoms with Crippen LogP contribution in [0.3, 0.4) is 0 Å². The Morgan fingerprint density at radius 1 is 1.33 bits per heavy atom. The average Bonchev–Trinajstić information content (AvgIpc) is 2.83. The molecule has 0 aliphatic rings. The van der Waals surface area contributed by atoms with E-state index in [0.717, 1.165) is 19.4 Å². The summed E-state index contributed by atoms with van der Waals surface area (Å²) in [5, 5.41) is 18.5. The topological polar surface area (TPSA) is 50.1 Å². The molecule has 0 aliphatic carbocycles. The third-order valence-electron chi connectivity index (χ3n) is 3.37. The number of aryl methyl sites for hydroxylation is 2. The van der Waals surface area contributed by atoms with Crippen LogP contribution in [0.4, 0.5) is 0 Å². The van der Waals surface area contributed by atoms with Gasteiger partial charge >= 0.3 is 0 Å². The van der Waals surface area contributed by atoms with E-state index in [-0.39, 0.29) is 0 Å². The maximum Gasteiger partial charge on any atom is 0.0928 e. The number of benzene rings is 1. The van der Waals surface area contributed by atoms with Crippen molar-refractivity contribution in [2.75, 3.05) is 13.1 Å². The molecular formula is C15H19Cl2N3O. The molecule has 1 aromatic carbocycles. The lowest BCUT2D eigenvalue weighted by Crippen LogP contribution is -2.23. The van der Waals surface area contributed by atoms with Crippen LogP contribution in [-0.2, 0) is 13.5 Å². The Hall–Kier alpha value is -1.07. The molecular weight excluding hydrogens is 309 g/mol. The number of aromatic nitrogens is 2. The maximum absolute atomic E-state index is 10.1. The molecule has 0 amide bonds. The fraction of sp³-hybridized carbons (Fsp3) is 0.400. The molecule has 0 fully saturated rings. The summed E-state index contributed by atoms with van der Waals surface area (Å²) in [6.07, 6.45) is 3.11. The van der Waals surface area contributed by atoms with Gasteiger partial charge in [-0.25, -0.2) is 0 Å². The van der Waals surface area contributed by atoms with Gasteiger partial charge in [0.05, 0.1) is 6.10 Å². The van der Waals surface area contributed by atoms with E-state index in [9.17, 15) is 5.11 Å². The number of halogens is 2. The molecule has 1 unspecified atom stereocenters. The third kappa shape index (κ3) is 4.71. The van der Waals surface area contributed by atoms with E-state index in [1.165, 1.54) is 5.69 Å².